The molecule has 0 aliphatic rings. The number of ether oxygens (including phenoxy) is 1. The van der Waals surface area contributed by atoms with Gasteiger partial charge in [-0.05, 0) is 29.3 Å². The molecule has 2 aromatic carbocycles. The van der Waals surface area contributed by atoms with Crippen LogP contribution in [0.2, 0.25) is 0 Å². The fourth-order valence-corrected chi connectivity index (χ4v) is 2.25. The first-order valence-electron chi connectivity index (χ1n) is 7.55. The molecule has 0 radical (unpaired) electrons. The number of rotatable bonds is 6. The Kier molecular flexibility index (Phi) is 4.93. The van der Waals surface area contributed by atoms with E-state index in [1.54, 1.807) is 24.3 Å². The van der Waals surface area contributed by atoms with E-state index in [1.807, 2.05) is 42.5 Å². The smallest absolute Gasteiger partial charge is 0.290 e. The van der Waals surface area contributed by atoms with Crippen LogP contribution >= 0.6 is 0 Å². The predicted octanol–water partition coefficient (Wildman–Crippen LogP) is 3.49. The molecule has 0 spiro atoms. The summed E-state index contributed by atoms with van der Waals surface area (Å²) in [6.07, 6.45) is 0. The van der Waals surface area contributed by atoms with Crippen LogP contribution in [-0.2, 0) is 13.2 Å². The summed E-state index contributed by atoms with van der Waals surface area (Å²) in [5.74, 6) is 0.714. The van der Waals surface area contributed by atoms with E-state index >= 15 is 0 Å². The zero-order chi connectivity index (χ0) is 16.8. The third-order valence-electron chi connectivity index (χ3n) is 3.49. The maximum absolute atomic E-state index is 12.2. The van der Waals surface area contributed by atoms with Gasteiger partial charge in [-0.2, -0.15) is 0 Å². The maximum atomic E-state index is 12.2. The molecule has 1 heterocycles. The van der Waals surface area contributed by atoms with E-state index in [-0.39, 0.29) is 24.2 Å². The summed E-state index contributed by atoms with van der Waals surface area (Å²) in [6, 6.07) is 19.7. The molecule has 0 saturated carbocycles. The summed E-state index contributed by atoms with van der Waals surface area (Å²) in [6.45, 7) is 0.243. The number of benzene rings is 2. The van der Waals surface area contributed by atoms with Crippen LogP contribution < -0.4 is 10.1 Å². The summed E-state index contributed by atoms with van der Waals surface area (Å²) in [7, 11) is 0. The van der Waals surface area contributed by atoms with Crippen LogP contribution in [0.1, 0.15) is 21.7 Å². The summed E-state index contributed by atoms with van der Waals surface area (Å²) in [5, 5.41) is 12.1. The van der Waals surface area contributed by atoms with Crippen LogP contribution in [0.5, 0.6) is 11.7 Å². The van der Waals surface area contributed by atoms with Gasteiger partial charge in [0.15, 0.2) is 5.76 Å². The first kappa shape index (κ1) is 15.8. The second-order valence-electron chi connectivity index (χ2n) is 5.14. The number of carbonyl (C=O) groups is 1. The number of nitrogens with one attached hydrogen (secondary N) is 1. The zero-order valence-electron chi connectivity index (χ0n) is 12.9. The van der Waals surface area contributed by atoms with Crippen molar-refractivity contribution in [1.82, 2.24) is 5.32 Å². The van der Waals surface area contributed by atoms with Gasteiger partial charge < -0.3 is 19.6 Å². The van der Waals surface area contributed by atoms with E-state index in [0.717, 1.165) is 11.1 Å². The SMILES string of the molecule is O=C(NCc1ccccc1CO)c1ccc(Oc2ccccc2)o1. The average molecular weight is 323 g/mol. The van der Waals surface area contributed by atoms with Gasteiger partial charge in [0.25, 0.3) is 11.9 Å². The molecule has 0 aliphatic carbocycles. The van der Waals surface area contributed by atoms with Crippen molar-refractivity contribution in [3.63, 3.8) is 0 Å². The highest BCUT2D eigenvalue weighted by Crippen LogP contribution is 2.23. The van der Waals surface area contributed by atoms with Crippen molar-refractivity contribution < 1.29 is 19.1 Å². The fraction of sp³-hybridized carbons (Fsp3) is 0.105. The molecule has 0 fully saturated rings. The molecule has 0 unspecified atom stereocenters. The molecular formula is C19H17NO4. The highest BCUT2D eigenvalue weighted by molar-refractivity contribution is 5.91. The van der Waals surface area contributed by atoms with Crippen molar-refractivity contribution in [2.75, 3.05) is 0 Å². The van der Waals surface area contributed by atoms with E-state index in [1.165, 1.54) is 0 Å². The number of amides is 1. The lowest BCUT2D eigenvalue weighted by atomic mass is 10.1. The minimum absolute atomic E-state index is 0.0676. The lowest BCUT2D eigenvalue weighted by Gasteiger charge is -2.07. The molecule has 0 aliphatic heterocycles. The summed E-state index contributed by atoms with van der Waals surface area (Å²) in [5.41, 5.74) is 1.64. The minimum atomic E-state index is -0.342. The Morgan fingerprint density at radius 2 is 1.67 bits per heavy atom. The number of aliphatic hydroxyl groups excluding tert-OH is 1. The molecular weight excluding hydrogens is 306 g/mol. The van der Waals surface area contributed by atoms with E-state index < -0.39 is 0 Å². The number of aliphatic hydroxyl groups is 1. The Balaban J connectivity index is 1.61. The van der Waals surface area contributed by atoms with Crippen molar-refractivity contribution in [3.05, 3.63) is 83.6 Å². The van der Waals surface area contributed by atoms with E-state index in [2.05, 4.69) is 5.32 Å². The minimum Gasteiger partial charge on any atom is -0.426 e. The number of hydrogen-bond donors (Lipinski definition) is 2. The maximum Gasteiger partial charge on any atom is 0.290 e. The van der Waals surface area contributed by atoms with Gasteiger partial charge in [-0.3, -0.25) is 4.79 Å². The second kappa shape index (κ2) is 7.48. The molecule has 5 nitrogen and oxygen atoms in total. The first-order chi connectivity index (χ1) is 11.8. The molecule has 5 heteroatoms. The third-order valence-corrected chi connectivity index (χ3v) is 3.49. The molecule has 0 atom stereocenters. The number of para-hydroxylation sites is 1. The van der Waals surface area contributed by atoms with Gasteiger partial charge in [-0.25, -0.2) is 0 Å². The fourth-order valence-electron chi connectivity index (χ4n) is 2.25. The Labute approximate surface area is 139 Å². The molecule has 0 bridgehead atoms. The van der Waals surface area contributed by atoms with Gasteiger partial charge in [0.1, 0.15) is 5.75 Å². The summed E-state index contributed by atoms with van der Waals surface area (Å²) in [4.78, 5) is 12.2. The van der Waals surface area contributed by atoms with Gasteiger partial charge in [0, 0.05) is 12.6 Å². The summed E-state index contributed by atoms with van der Waals surface area (Å²) >= 11 is 0. The Morgan fingerprint density at radius 3 is 2.42 bits per heavy atom. The van der Waals surface area contributed by atoms with Crippen molar-refractivity contribution in [3.8, 4) is 11.7 Å². The molecule has 3 rings (SSSR count). The normalized spacial score (nSPS) is 10.4. The summed E-state index contributed by atoms with van der Waals surface area (Å²) < 4.78 is 10.9. The molecule has 2 N–H and O–H groups in total. The third kappa shape index (κ3) is 3.83. The standard InChI is InChI=1S/C19H17NO4/c21-13-15-7-5-4-6-14(15)12-20-19(22)17-10-11-18(24-17)23-16-8-2-1-3-9-16/h1-11,21H,12-13H2,(H,20,22). The lowest BCUT2D eigenvalue weighted by Crippen LogP contribution is -2.22. The molecule has 1 amide bonds. The van der Waals surface area contributed by atoms with Crippen molar-refractivity contribution >= 4 is 5.91 Å². The van der Waals surface area contributed by atoms with Gasteiger partial charge in [-0.1, -0.05) is 42.5 Å². The van der Waals surface area contributed by atoms with Crippen molar-refractivity contribution in [1.29, 1.82) is 0 Å². The number of furan rings is 1. The van der Waals surface area contributed by atoms with Crippen LogP contribution in [0.3, 0.4) is 0 Å². The van der Waals surface area contributed by atoms with Crippen LogP contribution in [0.25, 0.3) is 0 Å². The van der Waals surface area contributed by atoms with Gasteiger partial charge in [0.05, 0.1) is 6.61 Å². The highest BCUT2D eigenvalue weighted by Gasteiger charge is 2.12. The quantitative estimate of drug-likeness (QED) is 0.728. The van der Waals surface area contributed by atoms with Crippen molar-refractivity contribution in [2.45, 2.75) is 13.2 Å². The zero-order valence-corrected chi connectivity index (χ0v) is 12.9. The first-order valence-corrected chi connectivity index (χ1v) is 7.55. The van der Waals surface area contributed by atoms with Gasteiger partial charge in [0.2, 0.25) is 0 Å². The van der Waals surface area contributed by atoms with Gasteiger partial charge >= 0.3 is 0 Å². The predicted molar refractivity (Wildman–Crippen MR) is 88.8 cm³/mol. The van der Waals surface area contributed by atoms with Crippen LogP contribution in [0.4, 0.5) is 0 Å². The van der Waals surface area contributed by atoms with E-state index in [4.69, 9.17) is 9.15 Å². The second-order valence-corrected chi connectivity index (χ2v) is 5.14. The lowest BCUT2D eigenvalue weighted by molar-refractivity contribution is 0.0918. The van der Waals surface area contributed by atoms with Gasteiger partial charge in [-0.15, -0.1) is 0 Å². The van der Waals surface area contributed by atoms with Crippen LogP contribution in [0, 0.1) is 0 Å². The average Bonchev–Trinajstić information content (AvgIpc) is 3.09. The Bertz CT molecular complexity index is 811. The van der Waals surface area contributed by atoms with E-state index in [9.17, 15) is 9.90 Å². The Hall–Kier alpha value is -3.05. The monoisotopic (exact) mass is 323 g/mol. The molecule has 0 saturated heterocycles. The van der Waals surface area contributed by atoms with Crippen LogP contribution in [-0.4, -0.2) is 11.0 Å². The highest BCUT2D eigenvalue weighted by atomic mass is 16.6. The largest absolute Gasteiger partial charge is 0.426 e. The molecule has 1 aromatic heterocycles. The topological polar surface area (TPSA) is 71.7 Å². The number of carbonyl (C=O) groups excluding carboxylic acids is 1. The number of hydrogen-bond acceptors (Lipinski definition) is 4. The molecule has 122 valence electrons. The van der Waals surface area contributed by atoms with Crippen LogP contribution in [0.15, 0.2) is 71.1 Å². The Morgan fingerprint density at radius 1 is 0.958 bits per heavy atom. The molecule has 24 heavy (non-hydrogen) atoms. The van der Waals surface area contributed by atoms with Crippen molar-refractivity contribution in [2.24, 2.45) is 0 Å². The van der Waals surface area contributed by atoms with E-state index in [0.29, 0.717) is 12.3 Å². The molecule has 3 aromatic rings.